The van der Waals surface area contributed by atoms with Crippen LogP contribution < -0.4 is 14.8 Å². The Labute approximate surface area is 190 Å². The lowest BCUT2D eigenvalue weighted by Crippen LogP contribution is -2.83. The molecule has 0 fully saturated rings. The Morgan fingerprint density at radius 3 is 2.48 bits per heavy atom. The van der Waals surface area contributed by atoms with Crippen molar-refractivity contribution in [2.45, 2.75) is 26.1 Å². The summed E-state index contributed by atoms with van der Waals surface area (Å²) in [5, 5.41) is 3.47. The number of nitrogens with two attached hydrogens (primary N) is 1. The third kappa shape index (κ3) is 5.89. The highest BCUT2D eigenvalue weighted by Crippen LogP contribution is 2.37. The molecule has 0 spiro atoms. The Hall–Kier alpha value is -1.72. The predicted molar refractivity (Wildman–Crippen MR) is 122 cm³/mol. The second kappa shape index (κ2) is 10.4. The molecule has 0 aliphatic heterocycles. The summed E-state index contributed by atoms with van der Waals surface area (Å²) in [7, 11) is 1.64. The van der Waals surface area contributed by atoms with E-state index in [1.165, 1.54) is 5.56 Å². The van der Waals surface area contributed by atoms with E-state index in [1.807, 2.05) is 18.2 Å². The van der Waals surface area contributed by atoms with Crippen molar-refractivity contribution < 1.29 is 14.8 Å². The first-order valence-corrected chi connectivity index (χ1v) is 10.8. The van der Waals surface area contributed by atoms with Crippen molar-refractivity contribution in [3.8, 4) is 11.5 Å². The maximum atomic E-state index is 6.24. The van der Waals surface area contributed by atoms with E-state index in [0.29, 0.717) is 34.2 Å². The number of methoxy groups -OCH3 is 1. The molecule has 3 rings (SSSR count). The van der Waals surface area contributed by atoms with Crippen LogP contribution in [0.2, 0.25) is 10.0 Å². The molecule has 0 radical (unpaired) electrons. The summed E-state index contributed by atoms with van der Waals surface area (Å²) in [4.78, 5) is 0. The molecular weight excluding hydrogens is 473 g/mol. The number of hydrogen-bond donors (Lipinski definition) is 1. The smallest absolute Gasteiger partial charge is 0.175 e. The number of quaternary nitrogens is 1. The average molecular weight is 496 g/mol. The van der Waals surface area contributed by atoms with Crippen LogP contribution >= 0.6 is 39.1 Å². The van der Waals surface area contributed by atoms with Gasteiger partial charge in [-0.2, -0.15) is 0 Å². The van der Waals surface area contributed by atoms with E-state index in [4.69, 9.17) is 32.7 Å². The van der Waals surface area contributed by atoms with E-state index in [1.54, 1.807) is 19.2 Å². The van der Waals surface area contributed by atoms with Crippen LogP contribution in [0, 0.1) is 0 Å². The monoisotopic (exact) mass is 494 g/mol. The van der Waals surface area contributed by atoms with E-state index in [2.05, 4.69) is 58.5 Å². The van der Waals surface area contributed by atoms with Gasteiger partial charge in [0.15, 0.2) is 11.5 Å². The standard InChI is InChI=1S/C23H22BrCl2NO2/c1-15(17-6-4-3-5-7-17)27-13-16-10-20(24)23(22(11-16)28-2)29-14-18-8-9-19(25)12-21(18)26/h3-12,15,27H,13-14H2,1-2H3/p+1/t15-/m0/s1. The van der Waals surface area contributed by atoms with Gasteiger partial charge < -0.3 is 14.8 Å². The zero-order valence-corrected chi connectivity index (χ0v) is 19.4. The molecule has 0 heterocycles. The van der Waals surface area contributed by atoms with Gasteiger partial charge in [0.05, 0.1) is 11.6 Å². The molecule has 3 aromatic carbocycles. The van der Waals surface area contributed by atoms with Gasteiger partial charge in [0, 0.05) is 26.7 Å². The quantitative estimate of drug-likeness (QED) is 0.405. The van der Waals surface area contributed by atoms with Crippen LogP contribution in [0.25, 0.3) is 0 Å². The Morgan fingerprint density at radius 2 is 1.79 bits per heavy atom. The number of halogens is 3. The van der Waals surface area contributed by atoms with E-state index < -0.39 is 0 Å². The fraction of sp³-hybridized carbons (Fsp3) is 0.217. The fourth-order valence-corrected chi connectivity index (χ4v) is 4.09. The molecule has 0 aliphatic carbocycles. The number of ether oxygens (including phenoxy) is 2. The predicted octanol–water partition coefficient (Wildman–Crippen LogP) is 6.17. The summed E-state index contributed by atoms with van der Waals surface area (Å²) >= 11 is 15.8. The van der Waals surface area contributed by atoms with Crippen LogP contribution in [-0.2, 0) is 13.2 Å². The summed E-state index contributed by atoms with van der Waals surface area (Å²) in [5.41, 5.74) is 3.31. The lowest BCUT2D eigenvalue weighted by Gasteiger charge is -2.16. The molecule has 0 bridgehead atoms. The fourth-order valence-electron chi connectivity index (χ4n) is 3.03. The molecule has 0 saturated carbocycles. The third-order valence-electron chi connectivity index (χ3n) is 4.71. The van der Waals surface area contributed by atoms with E-state index in [0.717, 1.165) is 22.1 Å². The Bertz CT molecular complexity index is 967. The molecule has 152 valence electrons. The average Bonchev–Trinajstić information content (AvgIpc) is 2.72. The maximum Gasteiger partial charge on any atom is 0.175 e. The summed E-state index contributed by atoms with van der Waals surface area (Å²) in [6, 6.07) is 20.3. The van der Waals surface area contributed by atoms with Crippen molar-refractivity contribution in [3.05, 3.63) is 91.9 Å². The molecule has 3 nitrogen and oxygen atoms in total. The molecule has 0 unspecified atom stereocenters. The number of hydrogen-bond acceptors (Lipinski definition) is 2. The first-order chi connectivity index (χ1) is 14.0. The molecule has 0 aromatic heterocycles. The van der Waals surface area contributed by atoms with Crippen LogP contribution in [0.3, 0.4) is 0 Å². The maximum absolute atomic E-state index is 6.24. The summed E-state index contributed by atoms with van der Waals surface area (Å²) in [6.45, 7) is 3.35. The van der Waals surface area contributed by atoms with Crippen LogP contribution in [0.1, 0.15) is 29.7 Å². The van der Waals surface area contributed by atoms with Gasteiger partial charge in [-0.25, -0.2) is 0 Å². The first kappa shape index (κ1) is 22.0. The molecule has 0 saturated heterocycles. The van der Waals surface area contributed by atoms with Crippen molar-refractivity contribution in [2.75, 3.05) is 7.11 Å². The van der Waals surface area contributed by atoms with E-state index >= 15 is 0 Å². The number of benzene rings is 3. The Balaban J connectivity index is 1.70. The Morgan fingerprint density at radius 1 is 1.03 bits per heavy atom. The first-order valence-electron chi connectivity index (χ1n) is 9.29. The van der Waals surface area contributed by atoms with Crippen molar-refractivity contribution in [1.29, 1.82) is 0 Å². The van der Waals surface area contributed by atoms with E-state index in [-0.39, 0.29) is 0 Å². The van der Waals surface area contributed by atoms with Crippen molar-refractivity contribution >= 4 is 39.1 Å². The molecule has 6 heteroatoms. The topological polar surface area (TPSA) is 35.1 Å². The molecule has 2 N–H and O–H groups in total. The lowest BCUT2D eigenvalue weighted by molar-refractivity contribution is -0.707. The van der Waals surface area contributed by atoms with Gasteiger partial charge in [0.25, 0.3) is 0 Å². The van der Waals surface area contributed by atoms with Gasteiger partial charge in [-0.1, -0.05) is 59.6 Å². The Kier molecular flexibility index (Phi) is 7.84. The van der Waals surface area contributed by atoms with Crippen LogP contribution in [-0.4, -0.2) is 7.11 Å². The molecular formula is C23H23BrCl2NO2+. The van der Waals surface area contributed by atoms with Crippen LogP contribution in [0.4, 0.5) is 0 Å². The number of rotatable bonds is 8. The van der Waals surface area contributed by atoms with Gasteiger partial charge in [0.1, 0.15) is 19.2 Å². The third-order valence-corrected chi connectivity index (χ3v) is 5.88. The zero-order valence-electron chi connectivity index (χ0n) is 16.3. The highest BCUT2D eigenvalue weighted by molar-refractivity contribution is 9.10. The van der Waals surface area contributed by atoms with Gasteiger partial charge in [-0.15, -0.1) is 0 Å². The minimum atomic E-state index is 0.321. The zero-order chi connectivity index (χ0) is 20.8. The lowest BCUT2D eigenvalue weighted by atomic mass is 10.1. The highest BCUT2D eigenvalue weighted by atomic mass is 79.9. The summed E-state index contributed by atoms with van der Waals surface area (Å²) in [6.07, 6.45) is 0. The SMILES string of the molecule is COc1cc(C[NH2+][C@@H](C)c2ccccc2)cc(Br)c1OCc1ccc(Cl)cc1Cl. The van der Waals surface area contributed by atoms with Crippen molar-refractivity contribution in [2.24, 2.45) is 0 Å². The van der Waals surface area contributed by atoms with Gasteiger partial charge >= 0.3 is 0 Å². The van der Waals surface area contributed by atoms with Crippen LogP contribution in [0.5, 0.6) is 11.5 Å². The second-order valence-corrected chi connectivity index (χ2v) is 8.47. The van der Waals surface area contributed by atoms with Gasteiger partial charge in [-0.05, 0) is 47.1 Å². The minimum absolute atomic E-state index is 0.321. The molecule has 3 aromatic rings. The van der Waals surface area contributed by atoms with Crippen LogP contribution in [0.15, 0.2) is 65.1 Å². The van der Waals surface area contributed by atoms with Crippen molar-refractivity contribution in [1.82, 2.24) is 0 Å². The van der Waals surface area contributed by atoms with E-state index in [9.17, 15) is 0 Å². The molecule has 1 atom stereocenters. The molecule has 0 aliphatic rings. The normalized spacial score (nSPS) is 11.9. The second-order valence-electron chi connectivity index (χ2n) is 6.77. The molecule has 0 amide bonds. The minimum Gasteiger partial charge on any atom is -0.493 e. The molecule has 29 heavy (non-hydrogen) atoms. The summed E-state index contributed by atoms with van der Waals surface area (Å²) in [5.74, 6) is 1.33. The van der Waals surface area contributed by atoms with Gasteiger partial charge in [-0.3, -0.25) is 0 Å². The highest BCUT2D eigenvalue weighted by Gasteiger charge is 2.15. The largest absolute Gasteiger partial charge is 0.493 e. The van der Waals surface area contributed by atoms with Gasteiger partial charge in [0.2, 0.25) is 0 Å². The van der Waals surface area contributed by atoms with Crippen molar-refractivity contribution in [3.63, 3.8) is 0 Å². The summed E-state index contributed by atoms with van der Waals surface area (Å²) < 4.78 is 12.4.